The maximum absolute atomic E-state index is 12.2. The first kappa shape index (κ1) is 15.9. The first-order chi connectivity index (χ1) is 12.6. The van der Waals surface area contributed by atoms with Gasteiger partial charge in [0.05, 0.1) is 12.4 Å². The summed E-state index contributed by atoms with van der Waals surface area (Å²) in [5, 5.41) is 12.4. The van der Waals surface area contributed by atoms with Crippen LogP contribution in [-0.4, -0.2) is 29.7 Å². The molecule has 0 fully saturated rings. The number of aromatic nitrogens is 6. The lowest BCUT2D eigenvalue weighted by atomic mass is 10.1. The second kappa shape index (κ2) is 6.40. The Morgan fingerprint density at radius 2 is 2.12 bits per heavy atom. The highest BCUT2D eigenvalue weighted by Gasteiger charge is 2.10. The fourth-order valence-electron chi connectivity index (χ4n) is 2.66. The molecule has 3 aromatic heterocycles. The highest BCUT2D eigenvalue weighted by atomic mass is 16.5. The predicted octanol–water partition coefficient (Wildman–Crippen LogP) is 1.92. The molecule has 0 aliphatic carbocycles. The molecule has 0 aliphatic heterocycles. The first-order valence-corrected chi connectivity index (χ1v) is 8.06. The van der Waals surface area contributed by atoms with Crippen LogP contribution in [0.25, 0.3) is 17.1 Å². The third-order valence-corrected chi connectivity index (χ3v) is 3.91. The Morgan fingerprint density at radius 1 is 1.23 bits per heavy atom. The summed E-state index contributed by atoms with van der Waals surface area (Å²) in [6, 6.07) is 9.17. The zero-order chi connectivity index (χ0) is 18.1. The van der Waals surface area contributed by atoms with Gasteiger partial charge in [-0.15, -0.1) is 0 Å². The molecule has 0 atom stereocenters. The van der Waals surface area contributed by atoms with Crippen LogP contribution in [0.1, 0.15) is 17.1 Å². The number of hydrogen-bond acceptors (Lipinski definition) is 6. The van der Waals surface area contributed by atoms with Crippen LogP contribution in [0, 0.1) is 6.92 Å². The zero-order valence-corrected chi connectivity index (χ0v) is 14.3. The number of rotatable bonds is 4. The van der Waals surface area contributed by atoms with Gasteiger partial charge in [0.2, 0.25) is 5.43 Å². The van der Waals surface area contributed by atoms with Crippen molar-refractivity contribution in [1.29, 1.82) is 0 Å². The molecule has 0 saturated heterocycles. The van der Waals surface area contributed by atoms with Crippen LogP contribution in [0.5, 0.6) is 0 Å². The van der Waals surface area contributed by atoms with Gasteiger partial charge in [-0.25, -0.2) is 4.68 Å². The van der Waals surface area contributed by atoms with Crippen LogP contribution in [0.2, 0.25) is 0 Å². The SMILES string of the molecule is Cc1noc(-c2cccc(Cc3nn(-c4cnn(C)c4)ccc3=O)c2)n1. The third-order valence-electron chi connectivity index (χ3n) is 3.91. The summed E-state index contributed by atoms with van der Waals surface area (Å²) in [5.74, 6) is 1.03. The highest BCUT2D eigenvalue weighted by Crippen LogP contribution is 2.19. The van der Waals surface area contributed by atoms with Gasteiger partial charge < -0.3 is 4.52 Å². The van der Waals surface area contributed by atoms with E-state index in [1.807, 2.05) is 37.5 Å². The van der Waals surface area contributed by atoms with E-state index in [9.17, 15) is 4.79 Å². The van der Waals surface area contributed by atoms with Gasteiger partial charge in [-0.1, -0.05) is 17.3 Å². The minimum Gasteiger partial charge on any atom is -0.334 e. The fraction of sp³-hybridized carbons (Fsp3) is 0.167. The number of hydrogen-bond donors (Lipinski definition) is 0. The summed E-state index contributed by atoms with van der Waals surface area (Å²) >= 11 is 0. The van der Waals surface area contributed by atoms with E-state index in [1.165, 1.54) is 6.07 Å². The molecule has 0 saturated carbocycles. The predicted molar refractivity (Wildman–Crippen MR) is 93.9 cm³/mol. The molecule has 3 heterocycles. The van der Waals surface area contributed by atoms with E-state index >= 15 is 0 Å². The Balaban J connectivity index is 1.66. The summed E-state index contributed by atoms with van der Waals surface area (Å²) in [7, 11) is 1.83. The third kappa shape index (κ3) is 3.16. The van der Waals surface area contributed by atoms with Gasteiger partial charge >= 0.3 is 0 Å². The average molecular weight is 348 g/mol. The van der Waals surface area contributed by atoms with Crippen molar-refractivity contribution in [3.05, 3.63) is 76.2 Å². The van der Waals surface area contributed by atoms with E-state index in [4.69, 9.17) is 4.52 Å². The second-order valence-corrected chi connectivity index (χ2v) is 5.97. The van der Waals surface area contributed by atoms with Crippen molar-refractivity contribution in [2.75, 3.05) is 0 Å². The zero-order valence-electron chi connectivity index (χ0n) is 14.3. The van der Waals surface area contributed by atoms with E-state index in [0.717, 1.165) is 16.8 Å². The van der Waals surface area contributed by atoms with Crippen LogP contribution in [0.15, 0.2) is 58.2 Å². The van der Waals surface area contributed by atoms with Gasteiger partial charge in [0.1, 0.15) is 11.4 Å². The van der Waals surface area contributed by atoms with Crippen LogP contribution in [0.4, 0.5) is 0 Å². The van der Waals surface area contributed by atoms with Gasteiger partial charge in [-0.3, -0.25) is 9.48 Å². The Morgan fingerprint density at radius 3 is 2.85 bits per heavy atom. The molecule has 4 rings (SSSR count). The lowest BCUT2D eigenvalue weighted by molar-refractivity contribution is 0.425. The van der Waals surface area contributed by atoms with Crippen LogP contribution in [-0.2, 0) is 13.5 Å². The molecule has 8 nitrogen and oxygen atoms in total. The standard InChI is InChI=1S/C18H16N6O2/c1-12-20-18(26-22-12)14-5-3-4-13(8-14)9-16-17(25)6-7-24(21-16)15-10-19-23(2)11-15/h3-8,10-11H,9H2,1-2H3. The molecule has 4 aromatic rings. The van der Waals surface area contributed by atoms with Crippen LogP contribution in [0.3, 0.4) is 0 Å². The van der Waals surface area contributed by atoms with Crippen molar-refractivity contribution >= 4 is 0 Å². The Bertz CT molecular complexity index is 1120. The number of nitrogens with zero attached hydrogens (tertiary/aromatic N) is 6. The first-order valence-electron chi connectivity index (χ1n) is 8.06. The lowest BCUT2D eigenvalue weighted by Crippen LogP contribution is -2.16. The Hall–Kier alpha value is -3.55. The van der Waals surface area contributed by atoms with Crippen LogP contribution >= 0.6 is 0 Å². The topological polar surface area (TPSA) is 91.6 Å². The van der Waals surface area contributed by atoms with Crippen molar-refractivity contribution < 1.29 is 4.52 Å². The molecule has 0 N–H and O–H groups in total. The van der Waals surface area contributed by atoms with Crippen molar-refractivity contribution in [3.8, 4) is 17.1 Å². The average Bonchev–Trinajstić information content (AvgIpc) is 3.26. The van der Waals surface area contributed by atoms with E-state index in [1.54, 1.807) is 28.7 Å². The summed E-state index contributed by atoms with van der Waals surface area (Å²) in [6.07, 6.45) is 5.57. The molecule has 0 unspecified atom stereocenters. The summed E-state index contributed by atoms with van der Waals surface area (Å²) in [5.41, 5.74) is 2.89. The molecule has 0 amide bonds. The smallest absolute Gasteiger partial charge is 0.257 e. The summed E-state index contributed by atoms with van der Waals surface area (Å²) in [6.45, 7) is 1.77. The summed E-state index contributed by atoms with van der Waals surface area (Å²) < 4.78 is 8.54. The molecule has 8 heteroatoms. The minimum absolute atomic E-state index is 0.107. The lowest BCUT2D eigenvalue weighted by Gasteiger charge is -2.06. The fourth-order valence-corrected chi connectivity index (χ4v) is 2.66. The quantitative estimate of drug-likeness (QED) is 0.559. The van der Waals surface area contributed by atoms with Crippen molar-refractivity contribution in [3.63, 3.8) is 0 Å². The van der Waals surface area contributed by atoms with Gasteiger partial charge in [0.25, 0.3) is 5.89 Å². The van der Waals surface area contributed by atoms with Gasteiger partial charge in [0, 0.05) is 31.3 Å². The molecule has 0 bridgehead atoms. The van der Waals surface area contributed by atoms with Gasteiger partial charge in [0.15, 0.2) is 5.82 Å². The number of benzene rings is 1. The minimum atomic E-state index is -0.107. The molecule has 0 spiro atoms. The molecule has 0 radical (unpaired) electrons. The van der Waals surface area contributed by atoms with E-state index in [2.05, 4.69) is 20.3 Å². The Kier molecular flexibility index (Phi) is 3.92. The van der Waals surface area contributed by atoms with E-state index in [-0.39, 0.29) is 5.43 Å². The van der Waals surface area contributed by atoms with Crippen molar-refractivity contribution in [2.45, 2.75) is 13.3 Å². The summed E-state index contributed by atoms with van der Waals surface area (Å²) in [4.78, 5) is 16.5. The van der Waals surface area contributed by atoms with E-state index in [0.29, 0.717) is 23.8 Å². The Labute approximate surface area is 148 Å². The highest BCUT2D eigenvalue weighted by molar-refractivity contribution is 5.54. The second-order valence-electron chi connectivity index (χ2n) is 5.97. The molecule has 26 heavy (non-hydrogen) atoms. The maximum atomic E-state index is 12.2. The van der Waals surface area contributed by atoms with E-state index < -0.39 is 0 Å². The largest absolute Gasteiger partial charge is 0.334 e. The van der Waals surface area contributed by atoms with Gasteiger partial charge in [-0.2, -0.15) is 15.2 Å². The molecule has 1 aromatic carbocycles. The molecule has 130 valence electrons. The van der Waals surface area contributed by atoms with Crippen LogP contribution < -0.4 is 5.43 Å². The van der Waals surface area contributed by atoms with Crippen molar-refractivity contribution in [2.24, 2.45) is 7.05 Å². The number of aryl methyl sites for hydroxylation is 2. The van der Waals surface area contributed by atoms with Gasteiger partial charge in [-0.05, 0) is 24.6 Å². The van der Waals surface area contributed by atoms with Crippen molar-refractivity contribution in [1.82, 2.24) is 29.7 Å². The molecule has 0 aliphatic rings. The monoisotopic (exact) mass is 348 g/mol. The maximum Gasteiger partial charge on any atom is 0.257 e. The normalized spacial score (nSPS) is 11.0. The molecular formula is C18H16N6O2. The molecular weight excluding hydrogens is 332 g/mol.